The number of aliphatic carboxylic acids is 1. The summed E-state index contributed by atoms with van der Waals surface area (Å²) in [5, 5.41) is 9.66. The Morgan fingerprint density at radius 1 is 1.33 bits per heavy atom. The van der Waals surface area contributed by atoms with E-state index in [-0.39, 0.29) is 18.4 Å². The lowest BCUT2D eigenvalue weighted by Crippen LogP contribution is -2.38. The fourth-order valence-electron chi connectivity index (χ4n) is 1.93. The molecular formula is C15H17Cl2NO3. The molecule has 0 aliphatic rings. The molecule has 0 fully saturated rings. The Morgan fingerprint density at radius 3 is 2.52 bits per heavy atom. The van der Waals surface area contributed by atoms with Crippen LogP contribution >= 0.6 is 23.2 Å². The van der Waals surface area contributed by atoms with Gasteiger partial charge in [0.1, 0.15) is 0 Å². The van der Waals surface area contributed by atoms with Crippen LogP contribution in [-0.2, 0) is 9.59 Å². The van der Waals surface area contributed by atoms with Crippen molar-refractivity contribution in [2.45, 2.75) is 26.3 Å². The molecule has 0 saturated heterocycles. The van der Waals surface area contributed by atoms with Crippen LogP contribution in [0.3, 0.4) is 0 Å². The molecule has 0 spiro atoms. The molecule has 1 aromatic carbocycles. The summed E-state index contributed by atoms with van der Waals surface area (Å²) >= 11 is 11.7. The number of halogens is 2. The standard InChI is InChI=1S/C15H17Cl2NO3/c1-3-18(10(2)8-15(20)21)14(19)7-5-11-4-6-12(16)13(17)9-11/h4-7,9-10H,3,8H2,1-2H3,(H,20,21). The molecule has 4 nitrogen and oxygen atoms in total. The third-order valence-electron chi connectivity index (χ3n) is 2.99. The Morgan fingerprint density at radius 2 is 2.00 bits per heavy atom. The second-order valence-electron chi connectivity index (χ2n) is 4.58. The Hall–Kier alpha value is -1.52. The van der Waals surface area contributed by atoms with E-state index < -0.39 is 5.97 Å². The van der Waals surface area contributed by atoms with Crippen molar-refractivity contribution in [3.63, 3.8) is 0 Å². The van der Waals surface area contributed by atoms with Crippen LogP contribution < -0.4 is 0 Å². The van der Waals surface area contributed by atoms with E-state index in [1.807, 2.05) is 6.92 Å². The van der Waals surface area contributed by atoms with Gasteiger partial charge in [-0.25, -0.2) is 0 Å². The van der Waals surface area contributed by atoms with Crippen molar-refractivity contribution < 1.29 is 14.7 Å². The average molecular weight is 330 g/mol. The third kappa shape index (κ3) is 5.40. The van der Waals surface area contributed by atoms with Crippen molar-refractivity contribution in [3.8, 4) is 0 Å². The van der Waals surface area contributed by atoms with Crippen LogP contribution in [0.1, 0.15) is 25.8 Å². The van der Waals surface area contributed by atoms with Gasteiger partial charge in [-0.1, -0.05) is 29.3 Å². The van der Waals surface area contributed by atoms with E-state index in [1.165, 1.54) is 11.0 Å². The number of carboxylic acids is 1. The molecule has 0 aromatic heterocycles. The lowest BCUT2D eigenvalue weighted by atomic mass is 10.1. The zero-order valence-corrected chi connectivity index (χ0v) is 13.4. The van der Waals surface area contributed by atoms with Gasteiger partial charge in [0.2, 0.25) is 5.91 Å². The minimum absolute atomic E-state index is 0.0831. The fourth-order valence-corrected chi connectivity index (χ4v) is 2.23. The highest BCUT2D eigenvalue weighted by Gasteiger charge is 2.18. The number of carbonyl (C=O) groups is 2. The van der Waals surface area contributed by atoms with Crippen LogP contribution in [-0.4, -0.2) is 34.5 Å². The number of nitrogens with zero attached hydrogens (tertiary/aromatic N) is 1. The van der Waals surface area contributed by atoms with Crippen molar-refractivity contribution in [2.75, 3.05) is 6.54 Å². The summed E-state index contributed by atoms with van der Waals surface area (Å²) in [7, 11) is 0. The maximum absolute atomic E-state index is 12.1. The number of hydrogen-bond acceptors (Lipinski definition) is 2. The van der Waals surface area contributed by atoms with Crippen LogP contribution in [0.25, 0.3) is 6.08 Å². The summed E-state index contributed by atoms with van der Waals surface area (Å²) < 4.78 is 0. The molecule has 0 bridgehead atoms. The van der Waals surface area contributed by atoms with Gasteiger partial charge in [0.05, 0.1) is 16.5 Å². The molecule has 1 atom stereocenters. The predicted molar refractivity (Wildman–Crippen MR) is 84.6 cm³/mol. The number of amides is 1. The summed E-state index contributed by atoms with van der Waals surface area (Å²) in [5.41, 5.74) is 0.750. The van der Waals surface area contributed by atoms with Crippen LogP contribution in [0, 0.1) is 0 Å². The quantitative estimate of drug-likeness (QED) is 0.809. The number of hydrogen-bond donors (Lipinski definition) is 1. The largest absolute Gasteiger partial charge is 0.481 e. The van der Waals surface area contributed by atoms with Crippen LogP contribution in [0.5, 0.6) is 0 Å². The Labute approximate surface area is 134 Å². The van der Waals surface area contributed by atoms with Gasteiger partial charge in [0, 0.05) is 18.7 Å². The van der Waals surface area contributed by atoms with E-state index in [9.17, 15) is 9.59 Å². The average Bonchev–Trinajstić information content (AvgIpc) is 2.40. The first-order chi connectivity index (χ1) is 9.85. The van der Waals surface area contributed by atoms with Crippen molar-refractivity contribution in [1.29, 1.82) is 0 Å². The summed E-state index contributed by atoms with van der Waals surface area (Å²) in [6.07, 6.45) is 2.95. The Balaban J connectivity index is 2.79. The normalized spacial score (nSPS) is 12.4. The van der Waals surface area contributed by atoms with E-state index in [0.717, 1.165) is 5.56 Å². The van der Waals surface area contributed by atoms with Gasteiger partial charge in [0.25, 0.3) is 0 Å². The third-order valence-corrected chi connectivity index (χ3v) is 3.73. The second-order valence-corrected chi connectivity index (χ2v) is 5.39. The molecule has 1 amide bonds. The van der Waals surface area contributed by atoms with Crippen molar-refractivity contribution >= 4 is 41.2 Å². The van der Waals surface area contributed by atoms with Crippen molar-refractivity contribution in [2.24, 2.45) is 0 Å². The Bertz CT molecular complexity index is 558. The number of benzene rings is 1. The molecule has 0 heterocycles. The van der Waals surface area contributed by atoms with E-state index in [4.69, 9.17) is 28.3 Å². The number of likely N-dealkylation sites (N-methyl/N-ethyl adjacent to an activating group) is 1. The van der Waals surface area contributed by atoms with Gasteiger partial charge in [-0.05, 0) is 37.6 Å². The van der Waals surface area contributed by atoms with Crippen molar-refractivity contribution in [1.82, 2.24) is 4.90 Å². The highest BCUT2D eigenvalue weighted by molar-refractivity contribution is 6.42. The highest BCUT2D eigenvalue weighted by atomic mass is 35.5. The fraction of sp³-hybridized carbons (Fsp3) is 0.333. The molecule has 0 radical (unpaired) electrons. The van der Waals surface area contributed by atoms with Gasteiger partial charge in [0.15, 0.2) is 0 Å². The zero-order chi connectivity index (χ0) is 16.0. The summed E-state index contributed by atoms with van der Waals surface area (Å²) in [6.45, 7) is 3.96. The first-order valence-corrected chi connectivity index (χ1v) is 7.26. The first kappa shape index (κ1) is 17.5. The first-order valence-electron chi connectivity index (χ1n) is 6.50. The van der Waals surface area contributed by atoms with Crippen molar-refractivity contribution in [3.05, 3.63) is 39.9 Å². The molecule has 6 heteroatoms. The van der Waals surface area contributed by atoms with Crippen LogP contribution in [0.4, 0.5) is 0 Å². The van der Waals surface area contributed by atoms with Crippen LogP contribution in [0.15, 0.2) is 24.3 Å². The SMILES string of the molecule is CCN(C(=O)C=Cc1ccc(Cl)c(Cl)c1)C(C)CC(=O)O. The molecule has 1 rings (SSSR count). The lowest BCUT2D eigenvalue weighted by molar-refractivity contribution is -0.139. The molecule has 1 aromatic rings. The van der Waals surface area contributed by atoms with Gasteiger partial charge in [-0.15, -0.1) is 0 Å². The molecule has 1 unspecified atom stereocenters. The molecule has 0 aliphatic carbocycles. The lowest BCUT2D eigenvalue weighted by Gasteiger charge is -2.25. The zero-order valence-electron chi connectivity index (χ0n) is 11.8. The van der Waals surface area contributed by atoms with Gasteiger partial charge >= 0.3 is 5.97 Å². The van der Waals surface area contributed by atoms with Gasteiger partial charge < -0.3 is 10.0 Å². The smallest absolute Gasteiger partial charge is 0.305 e. The Kier molecular flexibility index (Phi) is 6.72. The molecule has 114 valence electrons. The number of rotatable bonds is 6. The van der Waals surface area contributed by atoms with Crippen LogP contribution in [0.2, 0.25) is 10.0 Å². The molecule has 1 N–H and O–H groups in total. The summed E-state index contributed by atoms with van der Waals surface area (Å²) in [5.74, 6) is -1.17. The highest BCUT2D eigenvalue weighted by Crippen LogP contribution is 2.23. The maximum atomic E-state index is 12.1. The van der Waals surface area contributed by atoms with E-state index >= 15 is 0 Å². The summed E-state index contributed by atoms with van der Waals surface area (Å²) in [6, 6.07) is 4.69. The molecule has 0 saturated carbocycles. The topological polar surface area (TPSA) is 57.6 Å². The van der Waals surface area contributed by atoms with Gasteiger partial charge in [-0.2, -0.15) is 0 Å². The predicted octanol–water partition coefficient (Wildman–Crippen LogP) is 3.72. The molecule has 0 aliphatic heterocycles. The van der Waals surface area contributed by atoms with Gasteiger partial charge in [-0.3, -0.25) is 9.59 Å². The minimum atomic E-state index is -0.929. The van der Waals surface area contributed by atoms with E-state index in [1.54, 1.807) is 31.2 Å². The molecular weight excluding hydrogens is 313 g/mol. The minimum Gasteiger partial charge on any atom is -0.481 e. The van der Waals surface area contributed by atoms with E-state index in [0.29, 0.717) is 16.6 Å². The monoisotopic (exact) mass is 329 g/mol. The number of carbonyl (C=O) groups excluding carboxylic acids is 1. The molecule has 21 heavy (non-hydrogen) atoms. The van der Waals surface area contributed by atoms with E-state index in [2.05, 4.69) is 0 Å². The summed E-state index contributed by atoms with van der Waals surface area (Å²) in [4.78, 5) is 24.3. The number of carboxylic acid groups (broad SMARTS) is 1. The second kappa shape index (κ2) is 8.05. The maximum Gasteiger partial charge on any atom is 0.305 e.